The number of benzene rings is 2. The molecule has 3 rings (SSSR count). The summed E-state index contributed by atoms with van der Waals surface area (Å²) in [5, 5.41) is 10.9. The molecule has 24 heavy (non-hydrogen) atoms. The van der Waals surface area contributed by atoms with Crippen molar-refractivity contribution < 1.29 is 14.3 Å². The fraction of sp³-hybridized carbons (Fsp3) is 0.235. The number of ether oxygens (including phenoxy) is 2. The Bertz CT molecular complexity index is 838. The number of methoxy groups -OCH3 is 2. The van der Waals surface area contributed by atoms with Gasteiger partial charge in [-0.05, 0) is 29.8 Å². The minimum atomic E-state index is -0.146. The molecule has 2 aromatic carbocycles. The molecule has 1 amide bonds. The molecule has 0 aliphatic rings. The number of hydrogen-bond donors (Lipinski definition) is 1. The van der Waals surface area contributed by atoms with Gasteiger partial charge in [0.05, 0.1) is 19.7 Å². The number of carbonyl (C=O) groups excluding carboxylic acids is 1. The predicted molar refractivity (Wildman–Crippen MR) is 88.9 cm³/mol. The first-order chi connectivity index (χ1) is 11.7. The number of carbonyl (C=O) groups is 1. The molecular formula is C17H18N4O3. The van der Waals surface area contributed by atoms with Crippen molar-refractivity contribution in [3.63, 3.8) is 0 Å². The summed E-state index contributed by atoms with van der Waals surface area (Å²) in [5.41, 5.74) is 2.49. The van der Waals surface area contributed by atoms with Crippen LogP contribution in [0.5, 0.6) is 11.5 Å². The number of aromatic nitrogens is 3. The third-order valence-electron chi connectivity index (χ3n) is 3.61. The van der Waals surface area contributed by atoms with E-state index in [-0.39, 0.29) is 12.5 Å². The quantitative estimate of drug-likeness (QED) is 0.747. The second-order valence-corrected chi connectivity index (χ2v) is 5.23. The van der Waals surface area contributed by atoms with Crippen LogP contribution in [0.4, 0.5) is 0 Å². The maximum absolute atomic E-state index is 12.2. The standard InChI is InChI=1S/C17H18N4O3/c1-23-13-7-12(8-14(9-13)24-2)10-18-17(22)11-21-16-6-4-3-5-15(16)19-20-21/h3-9H,10-11H2,1-2H3,(H,18,22). The zero-order valence-electron chi connectivity index (χ0n) is 13.5. The van der Waals surface area contributed by atoms with E-state index in [4.69, 9.17) is 9.47 Å². The van der Waals surface area contributed by atoms with Gasteiger partial charge in [0, 0.05) is 12.6 Å². The molecule has 0 saturated carbocycles. The Labute approximate surface area is 139 Å². The van der Waals surface area contributed by atoms with E-state index in [1.165, 1.54) is 0 Å². The van der Waals surface area contributed by atoms with Gasteiger partial charge in [0.1, 0.15) is 23.6 Å². The first-order valence-electron chi connectivity index (χ1n) is 7.46. The van der Waals surface area contributed by atoms with E-state index in [0.29, 0.717) is 18.0 Å². The molecule has 0 bridgehead atoms. The molecule has 0 spiro atoms. The van der Waals surface area contributed by atoms with E-state index in [0.717, 1.165) is 16.6 Å². The minimum Gasteiger partial charge on any atom is -0.497 e. The fourth-order valence-corrected chi connectivity index (χ4v) is 2.40. The molecular weight excluding hydrogens is 308 g/mol. The number of nitrogens with one attached hydrogen (secondary N) is 1. The van der Waals surface area contributed by atoms with Crippen molar-refractivity contribution in [1.82, 2.24) is 20.3 Å². The van der Waals surface area contributed by atoms with Crippen LogP contribution in [-0.2, 0) is 17.9 Å². The lowest BCUT2D eigenvalue weighted by Crippen LogP contribution is -2.27. The highest BCUT2D eigenvalue weighted by Crippen LogP contribution is 2.22. The summed E-state index contributed by atoms with van der Waals surface area (Å²) in [6.45, 7) is 0.487. The number of fused-ring (bicyclic) bond motifs is 1. The Balaban J connectivity index is 1.65. The lowest BCUT2D eigenvalue weighted by Gasteiger charge is -2.10. The summed E-state index contributed by atoms with van der Waals surface area (Å²) in [6.07, 6.45) is 0. The van der Waals surface area contributed by atoms with Gasteiger partial charge in [0.15, 0.2) is 0 Å². The Morgan fingerprint density at radius 3 is 2.54 bits per heavy atom. The monoisotopic (exact) mass is 326 g/mol. The first-order valence-corrected chi connectivity index (χ1v) is 7.46. The molecule has 124 valence electrons. The van der Waals surface area contributed by atoms with E-state index in [2.05, 4.69) is 15.6 Å². The van der Waals surface area contributed by atoms with Crippen molar-refractivity contribution in [2.75, 3.05) is 14.2 Å². The summed E-state index contributed by atoms with van der Waals surface area (Å²) < 4.78 is 12.0. The van der Waals surface area contributed by atoms with Crippen molar-refractivity contribution in [3.05, 3.63) is 48.0 Å². The average molecular weight is 326 g/mol. The van der Waals surface area contributed by atoms with Crippen LogP contribution in [0.15, 0.2) is 42.5 Å². The second-order valence-electron chi connectivity index (χ2n) is 5.23. The predicted octanol–water partition coefficient (Wildman–Crippen LogP) is 1.76. The smallest absolute Gasteiger partial charge is 0.242 e. The topological polar surface area (TPSA) is 78.3 Å². The van der Waals surface area contributed by atoms with E-state index in [1.807, 2.05) is 36.4 Å². The molecule has 3 aromatic rings. The van der Waals surface area contributed by atoms with Crippen LogP contribution < -0.4 is 14.8 Å². The number of nitrogens with zero attached hydrogens (tertiary/aromatic N) is 3. The number of rotatable bonds is 6. The highest BCUT2D eigenvalue weighted by Gasteiger charge is 2.09. The van der Waals surface area contributed by atoms with Gasteiger partial charge in [0.25, 0.3) is 0 Å². The summed E-state index contributed by atoms with van der Waals surface area (Å²) in [5.74, 6) is 1.22. The Kier molecular flexibility index (Phi) is 4.60. The van der Waals surface area contributed by atoms with Crippen LogP contribution in [0.3, 0.4) is 0 Å². The zero-order chi connectivity index (χ0) is 16.9. The van der Waals surface area contributed by atoms with Crippen LogP contribution >= 0.6 is 0 Å². The zero-order valence-corrected chi connectivity index (χ0v) is 13.5. The van der Waals surface area contributed by atoms with E-state index >= 15 is 0 Å². The van der Waals surface area contributed by atoms with Gasteiger partial charge >= 0.3 is 0 Å². The highest BCUT2D eigenvalue weighted by atomic mass is 16.5. The molecule has 0 saturated heterocycles. The Morgan fingerprint density at radius 2 is 1.83 bits per heavy atom. The van der Waals surface area contributed by atoms with Gasteiger partial charge < -0.3 is 14.8 Å². The highest BCUT2D eigenvalue weighted by molar-refractivity contribution is 5.79. The molecule has 7 nitrogen and oxygen atoms in total. The van der Waals surface area contributed by atoms with Crippen LogP contribution in [0.25, 0.3) is 11.0 Å². The van der Waals surface area contributed by atoms with Crippen LogP contribution in [-0.4, -0.2) is 35.1 Å². The van der Waals surface area contributed by atoms with Crippen molar-refractivity contribution in [1.29, 1.82) is 0 Å². The third-order valence-corrected chi connectivity index (χ3v) is 3.61. The molecule has 0 unspecified atom stereocenters. The van der Waals surface area contributed by atoms with Gasteiger partial charge in [-0.3, -0.25) is 4.79 Å². The maximum atomic E-state index is 12.2. The number of hydrogen-bond acceptors (Lipinski definition) is 5. The van der Waals surface area contributed by atoms with Gasteiger partial charge in [0.2, 0.25) is 5.91 Å². The van der Waals surface area contributed by atoms with E-state index < -0.39 is 0 Å². The molecule has 0 radical (unpaired) electrons. The van der Waals surface area contributed by atoms with Gasteiger partial charge in [-0.2, -0.15) is 0 Å². The average Bonchev–Trinajstić information content (AvgIpc) is 3.02. The van der Waals surface area contributed by atoms with Crippen LogP contribution in [0.1, 0.15) is 5.56 Å². The van der Waals surface area contributed by atoms with Crippen molar-refractivity contribution >= 4 is 16.9 Å². The van der Waals surface area contributed by atoms with Gasteiger partial charge in [-0.25, -0.2) is 4.68 Å². The Hall–Kier alpha value is -3.09. The lowest BCUT2D eigenvalue weighted by molar-refractivity contribution is -0.121. The number of amides is 1. The van der Waals surface area contributed by atoms with E-state index in [1.54, 1.807) is 25.0 Å². The summed E-state index contributed by atoms with van der Waals surface area (Å²) >= 11 is 0. The Morgan fingerprint density at radius 1 is 1.12 bits per heavy atom. The van der Waals surface area contributed by atoms with E-state index in [9.17, 15) is 4.79 Å². The molecule has 0 fully saturated rings. The second kappa shape index (κ2) is 6.99. The molecule has 0 atom stereocenters. The normalized spacial score (nSPS) is 10.6. The molecule has 7 heteroatoms. The van der Waals surface area contributed by atoms with Crippen LogP contribution in [0.2, 0.25) is 0 Å². The SMILES string of the molecule is COc1cc(CNC(=O)Cn2nnc3ccccc32)cc(OC)c1. The number of para-hydroxylation sites is 1. The molecule has 1 heterocycles. The van der Waals surface area contributed by atoms with Crippen molar-refractivity contribution in [2.24, 2.45) is 0 Å². The van der Waals surface area contributed by atoms with Gasteiger partial charge in [-0.1, -0.05) is 17.3 Å². The largest absolute Gasteiger partial charge is 0.497 e. The summed E-state index contributed by atoms with van der Waals surface area (Å²) in [4.78, 5) is 12.2. The molecule has 0 aliphatic heterocycles. The maximum Gasteiger partial charge on any atom is 0.242 e. The van der Waals surface area contributed by atoms with Crippen LogP contribution in [0, 0.1) is 0 Å². The third kappa shape index (κ3) is 3.45. The summed E-state index contributed by atoms with van der Waals surface area (Å²) in [6, 6.07) is 13.0. The minimum absolute atomic E-state index is 0.113. The van der Waals surface area contributed by atoms with Crippen molar-refractivity contribution in [3.8, 4) is 11.5 Å². The summed E-state index contributed by atoms with van der Waals surface area (Å²) in [7, 11) is 3.18. The molecule has 0 aliphatic carbocycles. The first kappa shape index (κ1) is 15.8. The molecule has 1 N–H and O–H groups in total. The van der Waals surface area contributed by atoms with Crippen molar-refractivity contribution in [2.45, 2.75) is 13.1 Å². The fourth-order valence-electron chi connectivity index (χ4n) is 2.40. The van der Waals surface area contributed by atoms with Gasteiger partial charge in [-0.15, -0.1) is 5.10 Å². The molecule has 1 aromatic heterocycles. The lowest BCUT2D eigenvalue weighted by atomic mass is 10.2.